The van der Waals surface area contributed by atoms with E-state index in [4.69, 9.17) is 21.9 Å². The number of hydrogen-bond donors (Lipinski definition) is 2. The van der Waals surface area contributed by atoms with Crippen molar-refractivity contribution in [3.63, 3.8) is 0 Å². The Morgan fingerprint density at radius 1 is 1.35 bits per heavy atom. The predicted molar refractivity (Wildman–Crippen MR) is 63.4 cm³/mol. The molecule has 2 atom stereocenters. The zero-order chi connectivity index (χ0) is 12.4. The number of nitrogens with zero attached hydrogens (tertiary/aromatic N) is 2. The first-order chi connectivity index (χ1) is 8.08. The minimum atomic E-state index is -0.742. The van der Waals surface area contributed by atoms with Crippen LogP contribution in [0.4, 0.5) is 0 Å². The molecule has 2 rings (SSSR count). The summed E-state index contributed by atoms with van der Waals surface area (Å²) in [7, 11) is 0. The summed E-state index contributed by atoms with van der Waals surface area (Å²) < 4.78 is 4.99. The monoisotopic (exact) mass is 253 g/mol. The quantitative estimate of drug-likeness (QED) is 0.871. The van der Waals surface area contributed by atoms with Crippen LogP contribution >= 0.6 is 11.6 Å². The highest BCUT2D eigenvalue weighted by Crippen LogP contribution is 2.20. The van der Waals surface area contributed by atoms with E-state index in [2.05, 4.69) is 10.1 Å². The summed E-state index contributed by atoms with van der Waals surface area (Å²) in [5.74, 6) is 0.637. The summed E-state index contributed by atoms with van der Waals surface area (Å²) in [6.45, 7) is 1.57. The van der Waals surface area contributed by atoms with Gasteiger partial charge < -0.3 is 15.4 Å². The van der Waals surface area contributed by atoms with E-state index in [1.54, 1.807) is 31.2 Å². The molecule has 0 fully saturated rings. The zero-order valence-electron chi connectivity index (χ0n) is 9.17. The fraction of sp³-hybridized carbons (Fsp3) is 0.273. The molecule has 5 nitrogen and oxygen atoms in total. The zero-order valence-corrected chi connectivity index (χ0v) is 9.93. The van der Waals surface area contributed by atoms with Gasteiger partial charge in [-0.3, -0.25) is 0 Å². The number of hydrogen-bond acceptors (Lipinski definition) is 5. The number of aliphatic hydroxyl groups is 1. The molecule has 0 saturated carbocycles. The second-order valence-electron chi connectivity index (χ2n) is 3.73. The van der Waals surface area contributed by atoms with Crippen molar-refractivity contribution in [1.82, 2.24) is 10.1 Å². The van der Waals surface area contributed by atoms with Crippen LogP contribution in [0, 0.1) is 0 Å². The van der Waals surface area contributed by atoms with Crippen molar-refractivity contribution in [2.24, 2.45) is 5.73 Å². The maximum absolute atomic E-state index is 9.32. The van der Waals surface area contributed by atoms with Gasteiger partial charge in [0, 0.05) is 10.6 Å². The largest absolute Gasteiger partial charge is 0.391 e. The summed E-state index contributed by atoms with van der Waals surface area (Å²) in [5.41, 5.74) is 6.47. The van der Waals surface area contributed by atoms with Crippen molar-refractivity contribution in [3.8, 4) is 11.4 Å². The number of aliphatic hydroxyl groups excluding tert-OH is 1. The Morgan fingerprint density at radius 3 is 2.59 bits per heavy atom. The van der Waals surface area contributed by atoms with Crippen LogP contribution < -0.4 is 5.73 Å². The van der Waals surface area contributed by atoms with Crippen molar-refractivity contribution in [3.05, 3.63) is 35.2 Å². The molecule has 90 valence electrons. The fourth-order valence-corrected chi connectivity index (χ4v) is 1.42. The van der Waals surface area contributed by atoms with E-state index in [0.717, 1.165) is 5.56 Å². The highest BCUT2D eigenvalue weighted by atomic mass is 35.5. The Hall–Kier alpha value is -1.43. The number of benzene rings is 1. The topological polar surface area (TPSA) is 85.2 Å². The molecule has 0 aliphatic rings. The second kappa shape index (κ2) is 4.83. The third kappa shape index (κ3) is 2.63. The molecule has 0 radical (unpaired) electrons. The van der Waals surface area contributed by atoms with Crippen LogP contribution in [-0.4, -0.2) is 21.4 Å². The second-order valence-corrected chi connectivity index (χ2v) is 4.17. The van der Waals surface area contributed by atoms with E-state index in [9.17, 15) is 5.11 Å². The number of halogens is 1. The molecule has 0 saturated heterocycles. The van der Waals surface area contributed by atoms with Crippen molar-refractivity contribution >= 4 is 11.6 Å². The first kappa shape index (κ1) is 12.0. The number of rotatable bonds is 3. The van der Waals surface area contributed by atoms with E-state index in [0.29, 0.717) is 10.8 Å². The molecule has 3 N–H and O–H groups in total. The SMILES string of the molecule is CC(O)C(N)c1nc(-c2ccc(Cl)cc2)no1. The summed E-state index contributed by atoms with van der Waals surface area (Å²) in [5, 5.41) is 13.8. The van der Waals surface area contributed by atoms with E-state index >= 15 is 0 Å². The summed E-state index contributed by atoms with van der Waals surface area (Å²) >= 11 is 5.78. The molecule has 6 heteroatoms. The fourth-order valence-electron chi connectivity index (χ4n) is 1.29. The first-order valence-corrected chi connectivity index (χ1v) is 5.49. The summed E-state index contributed by atoms with van der Waals surface area (Å²) in [6.07, 6.45) is -0.742. The van der Waals surface area contributed by atoms with Gasteiger partial charge in [0.1, 0.15) is 6.04 Å². The molecule has 0 aliphatic carbocycles. The van der Waals surface area contributed by atoms with Crippen LogP contribution in [0.5, 0.6) is 0 Å². The van der Waals surface area contributed by atoms with Gasteiger partial charge in [-0.05, 0) is 31.2 Å². The predicted octanol–water partition coefficient (Wildman–Crippen LogP) is 1.77. The molecular weight excluding hydrogens is 242 g/mol. The Bertz CT molecular complexity index is 496. The lowest BCUT2D eigenvalue weighted by Gasteiger charge is -2.08. The van der Waals surface area contributed by atoms with E-state index in [-0.39, 0.29) is 5.89 Å². The van der Waals surface area contributed by atoms with Crippen molar-refractivity contribution < 1.29 is 9.63 Å². The minimum absolute atomic E-state index is 0.213. The molecule has 2 unspecified atom stereocenters. The third-order valence-corrected chi connectivity index (χ3v) is 2.60. The van der Waals surface area contributed by atoms with Gasteiger partial charge in [-0.25, -0.2) is 0 Å². The van der Waals surface area contributed by atoms with Gasteiger partial charge in [-0.1, -0.05) is 16.8 Å². The lowest BCUT2D eigenvalue weighted by molar-refractivity contribution is 0.146. The van der Waals surface area contributed by atoms with Crippen LogP contribution in [0.3, 0.4) is 0 Å². The minimum Gasteiger partial charge on any atom is -0.391 e. The lowest BCUT2D eigenvalue weighted by atomic mass is 10.2. The van der Waals surface area contributed by atoms with Crippen molar-refractivity contribution in [2.75, 3.05) is 0 Å². The van der Waals surface area contributed by atoms with Gasteiger partial charge in [-0.2, -0.15) is 4.98 Å². The molecular formula is C11H12ClN3O2. The van der Waals surface area contributed by atoms with Crippen LogP contribution in [0.2, 0.25) is 5.02 Å². The smallest absolute Gasteiger partial charge is 0.246 e. The summed E-state index contributed by atoms with van der Waals surface area (Å²) in [4.78, 5) is 4.13. The molecule has 0 bridgehead atoms. The molecule has 1 heterocycles. The average molecular weight is 254 g/mol. The van der Waals surface area contributed by atoms with Crippen LogP contribution in [0.1, 0.15) is 18.9 Å². The molecule has 0 aliphatic heterocycles. The van der Waals surface area contributed by atoms with E-state index in [1.807, 2.05) is 0 Å². The van der Waals surface area contributed by atoms with Gasteiger partial charge in [-0.15, -0.1) is 0 Å². The maximum atomic E-state index is 9.32. The Kier molecular flexibility index (Phi) is 3.42. The molecule has 17 heavy (non-hydrogen) atoms. The highest BCUT2D eigenvalue weighted by molar-refractivity contribution is 6.30. The third-order valence-electron chi connectivity index (χ3n) is 2.35. The van der Waals surface area contributed by atoms with E-state index in [1.165, 1.54) is 0 Å². The molecule has 1 aromatic carbocycles. The average Bonchev–Trinajstić information content (AvgIpc) is 2.78. The van der Waals surface area contributed by atoms with Crippen LogP contribution in [0.25, 0.3) is 11.4 Å². The number of nitrogens with two attached hydrogens (primary N) is 1. The van der Waals surface area contributed by atoms with Crippen molar-refractivity contribution in [2.45, 2.75) is 19.1 Å². The molecule has 0 spiro atoms. The normalized spacial score (nSPS) is 14.6. The Labute approximate surface area is 103 Å². The highest BCUT2D eigenvalue weighted by Gasteiger charge is 2.19. The van der Waals surface area contributed by atoms with Crippen LogP contribution in [0.15, 0.2) is 28.8 Å². The van der Waals surface area contributed by atoms with Gasteiger partial charge in [0.2, 0.25) is 11.7 Å². The lowest BCUT2D eigenvalue weighted by Crippen LogP contribution is -2.23. The molecule has 2 aromatic rings. The Balaban J connectivity index is 2.26. The van der Waals surface area contributed by atoms with E-state index < -0.39 is 12.1 Å². The van der Waals surface area contributed by atoms with Gasteiger partial charge in [0.05, 0.1) is 6.10 Å². The molecule has 1 aromatic heterocycles. The number of aromatic nitrogens is 2. The Morgan fingerprint density at radius 2 is 2.00 bits per heavy atom. The van der Waals surface area contributed by atoms with Crippen LogP contribution in [-0.2, 0) is 0 Å². The van der Waals surface area contributed by atoms with Gasteiger partial charge in [0.15, 0.2) is 0 Å². The van der Waals surface area contributed by atoms with Crippen molar-refractivity contribution in [1.29, 1.82) is 0 Å². The maximum Gasteiger partial charge on any atom is 0.246 e. The van der Waals surface area contributed by atoms with Gasteiger partial charge >= 0.3 is 0 Å². The standard InChI is InChI=1S/C11H12ClN3O2/c1-6(16)9(13)11-14-10(15-17-11)7-2-4-8(12)5-3-7/h2-6,9,16H,13H2,1H3. The summed E-state index contributed by atoms with van der Waals surface area (Å²) in [6, 6.07) is 6.36. The van der Waals surface area contributed by atoms with Gasteiger partial charge in [0.25, 0.3) is 0 Å². The molecule has 0 amide bonds. The first-order valence-electron chi connectivity index (χ1n) is 5.11.